The summed E-state index contributed by atoms with van der Waals surface area (Å²) in [5, 5.41) is 3.45. The molecular formula is C28H38N4O3. The number of ether oxygens (including phenoxy) is 1. The van der Waals surface area contributed by atoms with Gasteiger partial charge < -0.3 is 19.6 Å². The Morgan fingerprint density at radius 3 is 2.71 bits per heavy atom. The Morgan fingerprint density at radius 1 is 1.26 bits per heavy atom. The molecule has 0 bridgehead atoms. The van der Waals surface area contributed by atoms with E-state index in [9.17, 15) is 9.59 Å². The first kappa shape index (κ1) is 25.2. The lowest BCUT2D eigenvalue weighted by molar-refractivity contribution is -0.151. The summed E-state index contributed by atoms with van der Waals surface area (Å²) in [6.07, 6.45) is 7.78. The summed E-state index contributed by atoms with van der Waals surface area (Å²) >= 11 is 0. The molecular weight excluding hydrogens is 440 g/mol. The SMILES string of the molecule is CCCn1c(-c2c[nH]c(=O)c(C)c2)nc2cc(CNC(CC(C)C)C(=O)OC3CCCC3)ccc21. The highest BCUT2D eigenvalue weighted by molar-refractivity contribution is 5.81. The molecule has 7 nitrogen and oxygen atoms in total. The first-order valence-corrected chi connectivity index (χ1v) is 13.0. The van der Waals surface area contributed by atoms with E-state index in [2.05, 4.69) is 53.8 Å². The highest BCUT2D eigenvalue weighted by atomic mass is 16.5. The average Bonchev–Trinajstić information content (AvgIpc) is 3.46. The second-order valence-electron chi connectivity index (χ2n) is 10.2. The molecule has 7 heteroatoms. The number of esters is 1. The van der Waals surface area contributed by atoms with Gasteiger partial charge in [-0.1, -0.05) is 26.8 Å². The molecule has 188 valence electrons. The van der Waals surface area contributed by atoms with Crippen LogP contribution in [-0.4, -0.2) is 32.7 Å². The molecule has 1 atom stereocenters. The van der Waals surface area contributed by atoms with Crippen LogP contribution in [0.2, 0.25) is 0 Å². The van der Waals surface area contributed by atoms with Crippen molar-refractivity contribution in [2.24, 2.45) is 5.92 Å². The first-order valence-electron chi connectivity index (χ1n) is 13.0. The Balaban J connectivity index is 1.55. The molecule has 2 heterocycles. The normalized spacial score (nSPS) is 15.2. The topological polar surface area (TPSA) is 89.0 Å². The third-order valence-corrected chi connectivity index (χ3v) is 6.74. The molecule has 0 aliphatic heterocycles. The van der Waals surface area contributed by atoms with Crippen molar-refractivity contribution in [2.45, 2.75) is 91.5 Å². The van der Waals surface area contributed by atoms with Crippen molar-refractivity contribution in [2.75, 3.05) is 0 Å². The van der Waals surface area contributed by atoms with Crippen LogP contribution in [0.15, 0.2) is 35.3 Å². The zero-order valence-electron chi connectivity index (χ0n) is 21.4. The first-order chi connectivity index (χ1) is 16.9. The highest BCUT2D eigenvalue weighted by Gasteiger charge is 2.26. The quantitative estimate of drug-likeness (QED) is 0.396. The largest absolute Gasteiger partial charge is 0.461 e. The third-order valence-electron chi connectivity index (χ3n) is 6.74. The van der Waals surface area contributed by atoms with Crippen LogP contribution in [0.3, 0.4) is 0 Å². The molecule has 4 rings (SSSR count). The monoisotopic (exact) mass is 478 g/mol. The number of aromatic nitrogens is 3. The maximum absolute atomic E-state index is 12.9. The number of aromatic amines is 1. The molecule has 0 saturated heterocycles. The Hall–Kier alpha value is -2.93. The summed E-state index contributed by atoms with van der Waals surface area (Å²) in [4.78, 5) is 32.5. The van der Waals surface area contributed by atoms with Gasteiger partial charge >= 0.3 is 5.97 Å². The minimum Gasteiger partial charge on any atom is -0.461 e. The van der Waals surface area contributed by atoms with Crippen molar-refractivity contribution >= 4 is 17.0 Å². The van der Waals surface area contributed by atoms with Crippen LogP contribution in [-0.2, 0) is 22.6 Å². The van der Waals surface area contributed by atoms with E-state index in [4.69, 9.17) is 9.72 Å². The summed E-state index contributed by atoms with van der Waals surface area (Å²) in [6, 6.07) is 7.86. The van der Waals surface area contributed by atoms with Gasteiger partial charge in [0.15, 0.2) is 0 Å². The number of pyridine rings is 1. The van der Waals surface area contributed by atoms with Crippen LogP contribution in [0.25, 0.3) is 22.4 Å². The molecule has 0 spiro atoms. The maximum atomic E-state index is 12.9. The molecule has 1 fully saturated rings. The molecule has 3 aromatic rings. The summed E-state index contributed by atoms with van der Waals surface area (Å²) < 4.78 is 8.01. The van der Waals surface area contributed by atoms with E-state index in [1.165, 1.54) is 0 Å². The Kier molecular flexibility index (Phi) is 8.06. The van der Waals surface area contributed by atoms with Crippen molar-refractivity contribution in [1.29, 1.82) is 0 Å². The smallest absolute Gasteiger partial charge is 0.323 e. The van der Waals surface area contributed by atoms with Crippen LogP contribution >= 0.6 is 0 Å². The molecule has 1 aliphatic carbocycles. The summed E-state index contributed by atoms with van der Waals surface area (Å²) in [5.41, 5.74) is 4.54. The Labute approximate surface area is 207 Å². The van der Waals surface area contributed by atoms with Gasteiger partial charge in [0.1, 0.15) is 18.0 Å². The van der Waals surface area contributed by atoms with E-state index in [1.807, 2.05) is 13.0 Å². The van der Waals surface area contributed by atoms with Gasteiger partial charge in [-0.2, -0.15) is 0 Å². The molecule has 1 saturated carbocycles. The zero-order valence-corrected chi connectivity index (χ0v) is 21.4. The third kappa shape index (κ3) is 6.01. The number of nitrogens with zero attached hydrogens (tertiary/aromatic N) is 2. The number of nitrogens with one attached hydrogen (secondary N) is 2. The van der Waals surface area contributed by atoms with Gasteiger partial charge in [-0.3, -0.25) is 9.59 Å². The minimum atomic E-state index is -0.316. The van der Waals surface area contributed by atoms with Gasteiger partial charge in [0, 0.05) is 30.4 Å². The van der Waals surface area contributed by atoms with Gasteiger partial charge in [0.05, 0.1) is 11.0 Å². The van der Waals surface area contributed by atoms with Crippen LogP contribution in [0.5, 0.6) is 0 Å². The predicted octanol–water partition coefficient (Wildman–Crippen LogP) is 5.10. The van der Waals surface area contributed by atoms with Crippen LogP contribution in [0, 0.1) is 12.8 Å². The van der Waals surface area contributed by atoms with Crippen molar-refractivity contribution in [3.63, 3.8) is 0 Å². The number of H-pyrrole nitrogens is 1. The van der Waals surface area contributed by atoms with E-state index in [0.29, 0.717) is 18.0 Å². The number of carbonyl (C=O) groups excluding carboxylic acids is 1. The van der Waals surface area contributed by atoms with Crippen molar-refractivity contribution in [3.8, 4) is 11.4 Å². The molecule has 1 unspecified atom stereocenters. The lowest BCUT2D eigenvalue weighted by Crippen LogP contribution is -2.40. The summed E-state index contributed by atoms with van der Waals surface area (Å²) in [7, 11) is 0. The molecule has 35 heavy (non-hydrogen) atoms. The Morgan fingerprint density at radius 2 is 2.03 bits per heavy atom. The summed E-state index contributed by atoms with van der Waals surface area (Å²) in [6.45, 7) is 9.62. The fraction of sp³-hybridized carbons (Fsp3) is 0.536. The van der Waals surface area contributed by atoms with Crippen molar-refractivity contribution < 1.29 is 9.53 Å². The van der Waals surface area contributed by atoms with E-state index in [-0.39, 0.29) is 23.7 Å². The average molecular weight is 479 g/mol. The molecule has 0 radical (unpaired) electrons. The van der Waals surface area contributed by atoms with Crippen LogP contribution < -0.4 is 10.9 Å². The van der Waals surface area contributed by atoms with Crippen molar-refractivity contribution in [1.82, 2.24) is 19.9 Å². The maximum Gasteiger partial charge on any atom is 0.323 e. The number of hydrogen-bond acceptors (Lipinski definition) is 5. The molecule has 1 aromatic carbocycles. The number of rotatable bonds is 10. The fourth-order valence-corrected chi connectivity index (χ4v) is 4.91. The number of benzene rings is 1. The van der Waals surface area contributed by atoms with Gasteiger partial charge in [-0.15, -0.1) is 0 Å². The van der Waals surface area contributed by atoms with Gasteiger partial charge in [0.25, 0.3) is 5.56 Å². The zero-order chi connectivity index (χ0) is 24.9. The van der Waals surface area contributed by atoms with Gasteiger partial charge in [0.2, 0.25) is 0 Å². The lowest BCUT2D eigenvalue weighted by Gasteiger charge is -2.21. The van der Waals surface area contributed by atoms with E-state index >= 15 is 0 Å². The number of aryl methyl sites for hydroxylation is 2. The molecule has 2 aromatic heterocycles. The fourth-order valence-electron chi connectivity index (χ4n) is 4.91. The number of fused-ring (bicyclic) bond motifs is 1. The van der Waals surface area contributed by atoms with E-state index in [1.54, 1.807) is 6.20 Å². The number of hydrogen-bond donors (Lipinski definition) is 2. The standard InChI is InChI=1S/C28H38N4O3/c1-5-12-32-25-11-10-20(15-23(25)31-26(32)21-14-19(4)27(33)30-17-21)16-29-24(13-18(2)3)28(34)35-22-8-6-7-9-22/h10-11,14-15,17-18,22,24,29H,5-9,12-13,16H2,1-4H3,(H,30,33). The predicted molar refractivity (Wildman–Crippen MR) is 139 cm³/mol. The van der Waals surface area contributed by atoms with Crippen LogP contribution in [0.4, 0.5) is 0 Å². The molecule has 2 N–H and O–H groups in total. The number of imidazole rings is 1. The number of carbonyl (C=O) groups is 1. The van der Waals surface area contributed by atoms with Gasteiger partial charge in [-0.05, 0) is 75.1 Å². The molecule has 1 aliphatic rings. The second kappa shape index (κ2) is 11.2. The van der Waals surface area contributed by atoms with E-state index in [0.717, 1.165) is 73.1 Å². The van der Waals surface area contributed by atoms with Crippen LogP contribution in [0.1, 0.15) is 70.4 Å². The summed E-state index contributed by atoms with van der Waals surface area (Å²) in [5.74, 6) is 1.11. The highest BCUT2D eigenvalue weighted by Crippen LogP contribution is 2.26. The molecule has 0 amide bonds. The second-order valence-corrected chi connectivity index (χ2v) is 10.2. The lowest BCUT2D eigenvalue weighted by atomic mass is 10.0. The van der Waals surface area contributed by atoms with E-state index < -0.39 is 0 Å². The van der Waals surface area contributed by atoms with Gasteiger partial charge in [-0.25, -0.2) is 4.98 Å². The Bertz CT molecular complexity index is 1220. The van der Waals surface area contributed by atoms with Crippen molar-refractivity contribution in [3.05, 3.63) is 51.9 Å². The minimum absolute atomic E-state index is 0.0767.